The van der Waals surface area contributed by atoms with E-state index in [1.807, 2.05) is 0 Å². The molecule has 308 valence electrons. The van der Waals surface area contributed by atoms with E-state index in [0.717, 1.165) is 88.0 Å². The normalized spacial score (nSPS) is 13.0. The number of hydrogen-bond acceptors (Lipinski definition) is 3. The quantitative estimate of drug-likeness (QED) is 0.167. The molecule has 0 saturated heterocycles. The van der Waals surface area contributed by atoms with Gasteiger partial charge in [0.1, 0.15) is 11.2 Å². The van der Waals surface area contributed by atoms with Crippen molar-refractivity contribution in [3.8, 4) is 22.3 Å². The summed E-state index contributed by atoms with van der Waals surface area (Å²) in [4.78, 5) is 2.32. The van der Waals surface area contributed by atoms with Crippen LogP contribution < -0.4 is 4.90 Å². The van der Waals surface area contributed by atoms with Gasteiger partial charge in [0.15, 0.2) is 11.2 Å². The zero-order chi connectivity index (χ0) is 43.3. The molecule has 0 spiro atoms. The highest BCUT2D eigenvalue weighted by Crippen LogP contribution is 2.58. The summed E-state index contributed by atoms with van der Waals surface area (Å²) in [6.45, 7) is 0. The lowest BCUT2D eigenvalue weighted by Crippen LogP contribution is -2.28. The summed E-state index contributed by atoms with van der Waals surface area (Å²) >= 11 is 0. The lowest BCUT2D eigenvalue weighted by Gasteiger charge is -2.34. The fraction of sp³-hybridized carbons (Fsp3) is 0.0159. The van der Waals surface area contributed by atoms with Gasteiger partial charge in [0.2, 0.25) is 0 Å². The molecule has 0 atom stereocenters. The van der Waals surface area contributed by atoms with Crippen LogP contribution in [-0.4, -0.2) is 0 Å². The molecule has 2 heterocycles. The summed E-state index contributed by atoms with van der Waals surface area (Å²) in [5.74, 6) is 0. The zero-order valence-corrected chi connectivity index (χ0v) is 35.8. The summed E-state index contributed by atoms with van der Waals surface area (Å²) in [7, 11) is 0. The van der Waals surface area contributed by atoms with E-state index in [2.05, 4.69) is 241 Å². The molecular weight excluding hydrogens is 803 g/mol. The van der Waals surface area contributed by atoms with Crippen LogP contribution in [0.25, 0.3) is 87.7 Å². The molecule has 0 fully saturated rings. The van der Waals surface area contributed by atoms with E-state index in [1.165, 1.54) is 38.9 Å². The summed E-state index contributed by atoms with van der Waals surface area (Å²) in [6, 6.07) is 85.6. The molecule has 0 radical (unpaired) electrons. The van der Waals surface area contributed by atoms with Gasteiger partial charge in [0.05, 0.1) is 16.8 Å². The van der Waals surface area contributed by atoms with Crippen molar-refractivity contribution in [2.45, 2.75) is 5.41 Å². The molecule has 3 heteroatoms. The van der Waals surface area contributed by atoms with Crippen molar-refractivity contribution in [3.63, 3.8) is 0 Å². The second-order valence-electron chi connectivity index (χ2n) is 17.5. The van der Waals surface area contributed by atoms with Gasteiger partial charge in [-0.1, -0.05) is 200 Å². The van der Waals surface area contributed by atoms with Crippen LogP contribution in [0.2, 0.25) is 0 Å². The summed E-state index contributed by atoms with van der Waals surface area (Å²) in [5, 5.41) is 8.81. The molecular formula is C63H39NO2. The molecule has 0 aliphatic heterocycles. The highest BCUT2D eigenvalue weighted by Gasteiger charge is 2.46. The number of anilines is 3. The van der Waals surface area contributed by atoms with Crippen LogP contribution in [-0.2, 0) is 5.41 Å². The molecule has 2 aromatic heterocycles. The van der Waals surface area contributed by atoms with Crippen LogP contribution >= 0.6 is 0 Å². The second-order valence-corrected chi connectivity index (χ2v) is 17.5. The largest absolute Gasteiger partial charge is 0.453 e. The van der Waals surface area contributed by atoms with E-state index in [9.17, 15) is 0 Å². The van der Waals surface area contributed by atoms with Gasteiger partial charge in [0.25, 0.3) is 0 Å². The maximum Gasteiger partial charge on any atom is 0.159 e. The number of fused-ring (bicyclic) bond motifs is 13. The van der Waals surface area contributed by atoms with Gasteiger partial charge in [-0.15, -0.1) is 0 Å². The predicted octanol–water partition coefficient (Wildman–Crippen LogP) is 17.3. The van der Waals surface area contributed by atoms with E-state index in [1.54, 1.807) is 0 Å². The van der Waals surface area contributed by atoms with Crippen LogP contribution in [0.1, 0.15) is 22.3 Å². The van der Waals surface area contributed by atoms with Crippen molar-refractivity contribution in [2.24, 2.45) is 0 Å². The van der Waals surface area contributed by atoms with Gasteiger partial charge in [-0.25, -0.2) is 0 Å². The van der Waals surface area contributed by atoms with E-state index < -0.39 is 5.41 Å². The van der Waals surface area contributed by atoms with Crippen molar-refractivity contribution in [3.05, 3.63) is 259 Å². The monoisotopic (exact) mass is 841 g/mol. The van der Waals surface area contributed by atoms with Crippen molar-refractivity contribution in [1.82, 2.24) is 0 Å². The Morgan fingerprint density at radius 3 is 1.35 bits per heavy atom. The molecule has 0 unspecified atom stereocenters. The van der Waals surface area contributed by atoms with Crippen molar-refractivity contribution in [2.75, 3.05) is 4.90 Å². The number of benzene rings is 11. The Morgan fingerprint density at radius 1 is 0.303 bits per heavy atom. The van der Waals surface area contributed by atoms with E-state index in [-0.39, 0.29) is 0 Å². The second kappa shape index (κ2) is 14.2. The number of para-hydroxylation sites is 2. The maximum atomic E-state index is 7.05. The molecule has 1 aliphatic rings. The SMILES string of the molecule is c1ccc(C2(c3ccccc3)c3ccccc3-c3c(-c4ccc(N(c5cccc6c5oc5c7ccccc7ccc65)c5cccc6c5oc5c7ccccc7ccc65)cc4)cccc32)cc1. The number of rotatable bonds is 6. The molecule has 0 amide bonds. The molecule has 3 nitrogen and oxygen atoms in total. The highest BCUT2D eigenvalue weighted by molar-refractivity contribution is 6.20. The molecule has 1 aliphatic carbocycles. The Labute approximate surface area is 381 Å². The standard InChI is InChI=1S/C63H39NO2/c1-3-18-43(19-4-1)63(44-20-5-2-6-21-44)54-28-12-11-24-53(54)58-46(25-13-29-55(58)63)42-32-36-45(37-33-42)64(56-30-14-26-49-51-38-34-40-16-7-9-22-47(40)59(51)65-61(49)56)57-31-15-27-50-52-39-35-41-17-8-10-23-48(41)60(52)66-62(50)57/h1-39H. The first-order valence-corrected chi connectivity index (χ1v) is 22.7. The summed E-state index contributed by atoms with van der Waals surface area (Å²) in [5.41, 5.74) is 15.8. The van der Waals surface area contributed by atoms with Crippen molar-refractivity contribution >= 4 is 82.5 Å². The smallest absolute Gasteiger partial charge is 0.159 e. The Balaban J connectivity index is 0.996. The number of hydrogen-bond donors (Lipinski definition) is 0. The Hall–Kier alpha value is -8.66. The lowest BCUT2D eigenvalue weighted by atomic mass is 9.67. The van der Waals surface area contributed by atoms with Gasteiger partial charge in [0, 0.05) is 38.0 Å². The first-order chi connectivity index (χ1) is 32.8. The van der Waals surface area contributed by atoms with E-state index >= 15 is 0 Å². The Bertz CT molecular complexity index is 3860. The molecule has 66 heavy (non-hydrogen) atoms. The summed E-state index contributed by atoms with van der Waals surface area (Å²) < 4.78 is 14.1. The topological polar surface area (TPSA) is 29.5 Å². The minimum absolute atomic E-state index is 0.478. The predicted molar refractivity (Wildman–Crippen MR) is 273 cm³/mol. The Kier molecular flexibility index (Phi) is 7.90. The zero-order valence-electron chi connectivity index (χ0n) is 35.8. The minimum atomic E-state index is -0.478. The van der Waals surface area contributed by atoms with Crippen molar-refractivity contribution < 1.29 is 8.83 Å². The first kappa shape index (κ1) is 36.8. The average Bonchev–Trinajstić information content (AvgIpc) is 4.07. The minimum Gasteiger partial charge on any atom is -0.453 e. The van der Waals surface area contributed by atoms with Gasteiger partial charge < -0.3 is 13.7 Å². The van der Waals surface area contributed by atoms with Crippen LogP contribution in [0.3, 0.4) is 0 Å². The number of furan rings is 2. The highest BCUT2D eigenvalue weighted by atomic mass is 16.3. The summed E-state index contributed by atoms with van der Waals surface area (Å²) in [6.07, 6.45) is 0. The van der Waals surface area contributed by atoms with Gasteiger partial charge in [-0.3, -0.25) is 0 Å². The van der Waals surface area contributed by atoms with Gasteiger partial charge in [-0.05, 0) is 91.7 Å². The van der Waals surface area contributed by atoms with E-state index in [4.69, 9.17) is 8.83 Å². The molecule has 0 bridgehead atoms. The fourth-order valence-corrected chi connectivity index (χ4v) is 11.3. The van der Waals surface area contributed by atoms with Crippen LogP contribution in [0.4, 0.5) is 17.1 Å². The third-order valence-corrected chi connectivity index (χ3v) is 14.1. The van der Waals surface area contributed by atoms with Crippen LogP contribution in [0.15, 0.2) is 245 Å². The third kappa shape index (κ3) is 5.14. The maximum absolute atomic E-state index is 7.05. The fourth-order valence-electron chi connectivity index (χ4n) is 11.3. The molecule has 0 saturated carbocycles. The molecule has 11 aromatic carbocycles. The first-order valence-electron chi connectivity index (χ1n) is 22.7. The van der Waals surface area contributed by atoms with E-state index in [0.29, 0.717) is 0 Å². The van der Waals surface area contributed by atoms with Crippen LogP contribution in [0, 0.1) is 0 Å². The molecule has 0 N–H and O–H groups in total. The van der Waals surface area contributed by atoms with Gasteiger partial charge in [-0.2, -0.15) is 0 Å². The van der Waals surface area contributed by atoms with Gasteiger partial charge >= 0.3 is 0 Å². The molecule has 14 rings (SSSR count). The van der Waals surface area contributed by atoms with Crippen LogP contribution in [0.5, 0.6) is 0 Å². The van der Waals surface area contributed by atoms with Crippen molar-refractivity contribution in [1.29, 1.82) is 0 Å². The average molecular weight is 842 g/mol. The lowest BCUT2D eigenvalue weighted by molar-refractivity contribution is 0.670. The Morgan fingerprint density at radius 2 is 0.758 bits per heavy atom. The number of nitrogens with zero attached hydrogens (tertiary/aromatic N) is 1. The molecule has 13 aromatic rings. The third-order valence-electron chi connectivity index (χ3n) is 14.1.